The first-order valence-corrected chi connectivity index (χ1v) is 10.7. The van der Waals surface area contributed by atoms with Gasteiger partial charge in [0.05, 0.1) is 11.0 Å². The van der Waals surface area contributed by atoms with Crippen LogP contribution in [0.2, 0.25) is 0 Å². The summed E-state index contributed by atoms with van der Waals surface area (Å²) in [6.45, 7) is 2.68. The van der Waals surface area contributed by atoms with Crippen LogP contribution in [0.15, 0.2) is 78.9 Å². The Kier molecular flexibility index (Phi) is 6.60. The molecule has 6 nitrogen and oxygen atoms in total. The van der Waals surface area contributed by atoms with Crippen molar-refractivity contribution in [2.75, 3.05) is 11.9 Å². The third-order valence-corrected chi connectivity index (χ3v) is 5.35. The van der Waals surface area contributed by atoms with Crippen LogP contribution in [0.4, 0.5) is 5.69 Å². The Hall–Kier alpha value is -3.93. The highest BCUT2D eigenvalue weighted by molar-refractivity contribution is 5.94. The Labute approximate surface area is 187 Å². The number of benzene rings is 3. The van der Waals surface area contributed by atoms with Crippen molar-refractivity contribution in [1.82, 2.24) is 14.9 Å². The lowest BCUT2D eigenvalue weighted by molar-refractivity contribution is -0.116. The Balaban J connectivity index is 1.42. The summed E-state index contributed by atoms with van der Waals surface area (Å²) in [6.07, 6.45) is 1.38. The first kappa shape index (κ1) is 21.3. The number of amides is 2. The van der Waals surface area contributed by atoms with E-state index in [0.29, 0.717) is 18.5 Å². The van der Waals surface area contributed by atoms with Crippen molar-refractivity contribution in [3.8, 4) is 0 Å². The zero-order chi connectivity index (χ0) is 22.3. The normalized spacial score (nSPS) is 10.8. The lowest BCUT2D eigenvalue weighted by atomic mass is 10.2. The van der Waals surface area contributed by atoms with Crippen molar-refractivity contribution in [3.05, 3.63) is 95.8 Å². The largest absolute Gasteiger partial charge is 0.352 e. The smallest absolute Gasteiger partial charge is 0.251 e. The van der Waals surface area contributed by atoms with Crippen LogP contribution in [0.3, 0.4) is 0 Å². The van der Waals surface area contributed by atoms with Crippen molar-refractivity contribution in [3.63, 3.8) is 0 Å². The topological polar surface area (TPSA) is 76.0 Å². The van der Waals surface area contributed by atoms with E-state index >= 15 is 0 Å². The molecular formula is C26H26N4O2. The number of aryl methyl sites for hydroxylation is 2. The summed E-state index contributed by atoms with van der Waals surface area (Å²) < 4.78 is 1.96. The fraction of sp³-hybridized carbons (Fsp3) is 0.192. The number of imidazole rings is 1. The minimum atomic E-state index is -0.0962. The van der Waals surface area contributed by atoms with Crippen molar-refractivity contribution >= 4 is 28.5 Å². The van der Waals surface area contributed by atoms with Gasteiger partial charge in [0, 0.05) is 24.2 Å². The molecule has 0 spiro atoms. The van der Waals surface area contributed by atoms with E-state index in [4.69, 9.17) is 4.98 Å². The number of rotatable bonds is 8. The number of hydrogen-bond acceptors (Lipinski definition) is 3. The molecule has 0 aliphatic rings. The van der Waals surface area contributed by atoms with E-state index < -0.39 is 0 Å². The molecule has 2 N–H and O–H groups in total. The van der Waals surface area contributed by atoms with Crippen LogP contribution in [0.5, 0.6) is 0 Å². The van der Waals surface area contributed by atoms with Gasteiger partial charge in [-0.3, -0.25) is 9.59 Å². The van der Waals surface area contributed by atoms with Crippen LogP contribution in [0.25, 0.3) is 11.0 Å². The van der Waals surface area contributed by atoms with Crippen LogP contribution < -0.4 is 10.6 Å². The number of nitrogens with zero attached hydrogens (tertiary/aromatic N) is 2. The van der Waals surface area contributed by atoms with Gasteiger partial charge in [0.1, 0.15) is 12.4 Å². The zero-order valence-electron chi connectivity index (χ0n) is 18.0. The Morgan fingerprint density at radius 2 is 1.62 bits per heavy atom. The Bertz CT molecular complexity index is 1230. The van der Waals surface area contributed by atoms with E-state index in [2.05, 4.69) is 10.6 Å². The quantitative estimate of drug-likeness (QED) is 0.412. The van der Waals surface area contributed by atoms with Gasteiger partial charge in [-0.2, -0.15) is 0 Å². The van der Waals surface area contributed by atoms with E-state index in [9.17, 15) is 9.59 Å². The second-order valence-corrected chi connectivity index (χ2v) is 7.69. The van der Waals surface area contributed by atoms with E-state index in [-0.39, 0.29) is 18.4 Å². The molecule has 0 aliphatic heterocycles. The summed E-state index contributed by atoms with van der Waals surface area (Å²) in [5.74, 6) is 0.651. The molecule has 4 rings (SSSR count). The molecule has 1 aromatic heterocycles. The average molecular weight is 427 g/mol. The molecule has 6 heteroatoms. The fourth-order valence-corrected chi connectivity index (χ4v) is 3.68. The number of anilines is 1. The predicted octanol–water partition coefficient (Wildman–Crippen LogP) is 4.35. The van der Waals surface area contributed by atoms with Gasteiger partial charge in [0.25, 0.3) is 5.91 Å². The van der Waals surface area contributed by atoms with Crippen LogP contribution in [0, 0.1) is 6.92 Å². The molecule has 32 heavy (non-hydrogen) atoms. The molecule has 3 aromatic carbocycles. The van der Waals surface area contributed by atoms with Gasteiger partial charge >= 0.3 is 0 Å². The lowest BCUT2D eigenvalue weighted by Crippen LogP contribution is -2.25. The summed E-state index contributed by atoms with van der Waals surface area (Å²) in [5.41, 5.74) is 4.26. The third-order valence-electron chi connectivity index (χ3n) is 5.35. The van der Waals surface area contributed by atoms with Crippen molar-refractivity contribution in [1.29, 1.82) is 0 Å². The molecule has 162 valence electrons. The molecule has 0 aliphatic carbocycles. The number of hydrogen-bond donors (Lipinski definition) is 2. The maximum absolute atomic E-state index is 12.8. The Morgan fingerprint density at radius 1 is 0.906 bits per heavy atom. The van der Waals surface area contributed by atoms with Gasteiger partial charge in [-0.05, 0) is 49.2 Å². The number of fused-ring (bicyclic) bond motifs is 1. The minimum Gasteiger partial charge on any atom is -0.352 e. The predicted molar refractivity (Wildman–Crippen MR) is 127 cm³/mol. The highest BCUT2D eigenvalue weighted by Crippen LogP contribution is 2.18. The summed E-state index contributed by atoms with van der Waals surface area (Å²) >= 11 is 0. The van der Waals surface area contributed by atoms with Crippen LogP contribution in [-0.4, -0.2) is 27.9 Å². The number of carbonyl (C=O) groups is 2. The maximum atomic E-state index is 12.8. The monoisotopic (exact) mass is 426 g/mol. The van der Waals surface area contributed by atoms with Gasteiger partial charge in [-0.25, -0.2) is 4.98 Å². The van der Waals surface area contributed by atoms with Gasteiger partial charge in [0.2, 0.25) is 5.91 Å². The van der Waals surface area contributed by atoms with E-state index in [1.807, 2.05) is 78.2 Å². The molecule has 0 bridgehead atoms. The summed E-state index contributed by atoms with van der Waals surface area (Å²) in [4.78, 5) is 29.7. The summed E-state index contributed by atoms with van der Waals surface area (Å²) in [7, 11) is 0. The standard InChI is InChI=1S/C26H26N4O2/c1-19-10-5-6-13-21(19)29-25(31)18-30-23-15-8-7-14-22(23)28-24(30)16-9-17-27-26(32)20-11-3-2-4-12-20/h2-8,10-15H,9,16-18H2,1H3,(H,27,32)(H,29,31). The SMILES string of the molecule is Cc1ccccc1NC(=O)Cn1c(CCCNC(=O)c2ccccc2)nc2ccccc21. The molecule has 0 unspecified atom stereocenters. The van der Waals surface area contributed by atoms with Crippen LogP contribution in [0.1, 0.15) is 28.2 Å². The van der Waals surface area contributed by atoms with Gasteiger partial charge in [-0.1, -0.05) is 48.5 Å². The van der Waals surface area contributed by atoms with Crippen molar-refractivity contribution < 1.29 is 9.59 Å². The van der Waals surface area contributed by atoms with Crippen LogP contribution in [-0.2, 0) is 17.8 Å². The Morgan fingerprint density at radius 3 is 2.44 bits per heavy atom. The van der Waals surface area contributed by atoms with Crippen LogP contribution >= 0.6 is 0 Å². The molecule has 0 fully saturated rings. The number of para-hydroxylation sites is 3. The molecule has 2 amide bonds. The molecule has 0 saturated carbocycles. The van der Waals surface area contributed by atoms with Gasteiger partial charge in [-0.15, -0.1) is 0 Å². The zero-order valence-corrected chi connectivity index (χ0v) is 18.0. The van der Waals surface area contributed by atoms with E-state index in [0.717, 1.165) is 34.5 Å². The van der Waals surface area contributed by atoms with E-state index in [1.54, 1.807) is 12.1 Å². The number of nitrogens with one attached hydrogen (secondary N) is 2. The van der Waals surface area contributed by atoms with Gasteiger partial charge < -0.3 is 15.2 Å². The number of carbonyl (C=O) groups excluding carboxylic acids is 2. The van der Waals surface area contributed by atoms with E-state index in [1.165, 1.54) is 0 Å². The molecule has 0 atom stereocenters. The summed E-state index contributed by atoms with van der Waals surface area (Å²) in [6, 6.07) is 24.7. The average Bonchev–Trinajstić information content (AvgIpc) is 3.16. The first-order valence-electron chi connectivity index (χ1n) is 10.7. The maximum Gasteiger partial charge on any atom is 0.251 e. The molecule has 1 heterocycles. The molecule has 0 saturated heterocycles. The lowest BCUT2D eigenvalue weighted by Gasteiger charge is -2.12. The second-order valence-electron chi connectivity index (χ2n) is 7.69. The highest BCUT2D eigenvalue weighted by atomic mass is 16.2. The number of aromatic nitrogens is 2. The highest BCUT2D eigenvalue weighted by Gasteiger charge is 2.14. The molecular weight excluding hydrogens is 400 g/mol. The fourth-order valence-electron chi connectivity index (χ4n) is 3.68. The molecule has 4 aromatic rings. The second kappa shape index (κ2) is 9.92. The molecule has 0 radical (unpaired) electrons. The van der Waals surface area contributed by atoms with Gasteiger partial charge in [0.15, 0.2) is 0 Å². The van der Waals surface area contributed by atoms with Crippen molar-refractivity contribution in [2.45, 2.75) is 26.3 Å². The summed E-state index contributed by atoms with van der Waals surface area (Å²) in [5, 5.41) is 5.94. The van der Waals surface area contributed by atoms with Crippen molar-refractivity contribution in [2.24, 2.45) is 0 Å². The minimum absolute atomic E-state index is 0.0864. The third kappa shape index (κ3) is 5.03. The first-order chi connectivity index (χ1) is 15.6.